The van der Waals surface area contributed by atoms with Crippen molar-refractivity contribution in [2.24, 2.45) is 0 Å². The van der Waals surface area contributed by atoms with Gasteiger partial charge >= 0.3 is 5.69 Å². The van der Waals surface area contributed by atoms with E-state index in [1.165, 1.54) is 4.57 Å². The van der Waals surface area contributed by atoms with E-state index in [4.69, 9.17) is 5.73 Å². The maximum Gasteiger partial charge on any atom is 0.354 e. The lowest BCUT2D eigenvalue weighted by molar-refractivity contribution is 0.966. The number of hydrogen-bond acceptors (Lipinski definition) is 3. The molecule has 0 amide bonds. The topological polar surface area (TPSA) is 60.9 Å². The number of nitrogens with zero attached hydrogens (tertiary/aromatic N) is 2. The Morgan fingerprint density at radius 1 is 1.82 bits per heavy atom. The first-order valence-corrected chi connectivity index (χ1v) is 3.89. The predicted molar refractivity (Wildman–Crippen MR) is 52.3 cm³/mol. The van der Waals surface area contributed by atoms with E-state index < -0.39 is 5.69 Å². The molecule has 1 aromatic rings. The summed E-state index contributed by atoms with van der Waals surface area (Å²) >= 11 is 1.93. The SMILES string of the molecule is C=C(I)n1ccc(N)nc1=O. The van der Waals surface area contributed by atoms with Gasteiger partial charge in [-0.1, -0.05) is 6.58 Å². The van der Waals surface area contributed by atoms with Crippen LogP contribution >= 0.6 is 22.6 Å². The third kappa shape index (κ3) is 1.79. The fourth-order valence-electron chi connectivity index (χ4n) is 0.601. The maximum atomic E-state index is 11.0. The Labute approximate surface area is 76.9 Å². The number of rotatable bonds is 1. The van der Waals surface area contributed by atoms with Crippen molar-refractivity contribution in [3.63, 3.8) is 0 Å². The van der Waals surface area contributed by atoms with Crippen LogP contribution in [-0.2, 0) is 0 Å². The molecule has 1 rings (SSSR count). The molecule has 0 spiro atoms. The molecule has 11 heavy (non-hydrogen) atoms. The zero-order valence-electron chi connectivity index (χ0n) is 5.62. The molecule has 0 aromatic carbocycles. The fourth-order valence-corrected chi connectivity index (χ4v) is 0.968. The van der Waals surface area contributed by atoms with Gasteiger partial charge in [0.1, 0.15) is 5.82 Å². The summed E-state index contributed by atoms with van der Waals surface area (Å²) in [5, 5.41) is 0. The highest BCUT2D eigenvalue weighted by molar-refractivity contribution is 14.1. The van der Waals surface area contributed by atoms with Crippen molar-refractivity contribution >= 4 is 32.1 Å². The van der Waals surface area contributed by atoms with Crippen molar-refractivity contribution in [3.05, 3.63) is 29.3 Å². The molecule has 0 aliphatic rings. The third-order valence-corrected chi connectivity index (χ3v) is 1.61. The number of anilines is 1. The molecular formula is C6H6IN3O. The second-order valence-electron chi connectivity index (χ2n) is 1.88. The molecule has 58 valence electrons. The summed E-state index contributed by atoms with van der Waals surface area (Å²) in [6.45, 7) is 3.58. The Morgan fingerprint density at radius 2 is 2.45 bits per heavy atom. The Hall–Kier alpha value is -0.850. The van der Waals surface area contributed by atoms with Gasteiger partial charge in [-0.3, -0.25) is 4.57 Å². The van der Waals surface area contributed by atoms with Crippen molar-refractivity contribution < 1.29 is 0 Å². The minimum Gasteiger partial charge on any atom is -0.383 e. The molecule has 0 radical (unpaired) electrons. The van der Waals surface area contributed by atoms with E-state index in [1.54, 1.807) is 12.3 Å². The molecule has 0 atom stereocenters. The first kappa shape index (κ1) is 8.25. The minimum atomic E-state index is -0.399. The lowest BCUT2D eigenvalue weighted by Crippen LogP contribution is -2.20. The van der Waals surface area contributed by atoms with E-state index in [0.29, 0.717) is 3.70 Å². The first-order chi connectivity index (χ1) is 5.11. The average molecular weight is 263 g/mol. The van der Waals surface area contributed by atoms with Gasteiger partial charge in [0.15, 0.2) is 0 Å². The van der Waals surface area contributed by atoms with Crippen LogP contribution in [0.3, 0.4) is 0 Å². The Kier molecular flexibility index (Phi) is 2.28. The Balaban J connectivity index is 3.32. The van der Waals surface area contributed by atoms with E-state index >= 15 is 0 Å². The van der Waals surface area contributed by atoms with Gasteiger partial charge in [0.05, 0.1) is 3.70 Å². The van der Waals surface area contributed by atoms with Gasteiger partial charge in [0, 0.05) is 6.20 Å². The summed E-state index contributed by atoms with van der Waals surface area (Å²) in [4.78, 5) is 14.5. The molecule has 0 saturated carbocycles. The van der Waals surface area contributed by atoms with Gasteiger partial charge in [-0.15, -0.1) is 0 Å². The largest absolute Gasteiger partial charge is 0.383 e. The van der Waals surface area contributed by atoms with Crippen LogP contribution in [0.4, 0.5) is 5.82 Å². The molecule has 0 aliphatic carbocycles. The number of nitrogen functional groups attached to an aromatic ring is 1. The highest BCUT2D eigenvalue weighted by atomic mass is 127. The van der Waals surface area contributed by atoms with Crippen LogP contribution in [-0.4, -0.2) is 9.55 Å². The highest BCUT2D eigenvalue weighted by Gasteiger charge is 1.96. The molecule has 5 heteroatoms. The third-order valence-electron chi connectivity index (χ3n) is 1.09. The summed E-state index contributed by atoms with van der Waals surface area (Å²) in [5.41, 5.74) is 4.87. The molecule has 0 fully saturated rings. The highest BCUT2D eigenvalue weighted by Crippen LogP contribution is 2.06. The van der Waals surface area contributed by atoms with Crippen molar-refractivity contribution in [2.75, 3.05) is 5.73 Å². The molecule has 4 nitrogen and oxygen atoms in total. The number of nitrogens with two attached hydrogens (primary N) is 1. The summed E-state index contributed by atoms with van der Waals surface area (Å²) < 4.78 is 1.91. The van der Waals surface area contributed by atoms with Crippen molar-refractivity contribution in [2.45, 2.75) is 0 Å². The summed E-state index contributed by atoms with van der Waals surface area (Å²) in [6, 6.07) is 1.55. The van der Waals surface area contributed by atoms with Crippen molar-refractivity contribution in [3.8, 4) is 0 Å². The van der Waals surface area contributed by atoms with Gasteiger partial charge in [-0.05, 0) is 28.7 Å². The standard InChI is InChI=1S/C6H6IN3O/c1-4(7)10-3-2-5(8)9-6(10)11/h2-3H,1H2,(H2,8,9,11). The summed E-state index contributed by atoms with van der Waals surface area (Å²) in [7, 11) is 0. The Bertz CT molecular complexity index is 344. The van der Waals surface area contributed by atoms with Gasteiger partial charge in [-0.25, -0.2) is 4.79 Å². The van der Waals surface area contributed by atoms with E-state index in [0.717, 1.165) is 0 Å². The normalized spacial score (nSPS) is 9.55. The second-order valence-corrected chi connectivity index (χ2v) is 3.13. The van der Waals surface area contributed by atoms with Gasteiger partial charge in [0.25, 0.3) is 0 Å². The fraction of sp³-hybridized carbons (Fsp3) is 0. The smallest absolute Gasteiger partial charge is 0.354 e. The van der Waals surface area contributed by atoms with Crippen LogP contribution in [0, 0.1) is 0 Å². The average Bonchev–Trinajstić information content (AvgIpc) is 1.85. The number of hydrogen-bond donors (Lipinski definition) is 1. The van der Waals surface area contributed by atoms with Gasteiger partial charge in [-0.2, -0.15) is 4.98 Å². The molecule has 0 unspecified atom stereocenters. The number of halogens is 1. The predicted octanol–water partition coefficient (Wildman–Crippen LogP) is 0.689. The Morgan fingerprint density at radius 3 is 2.91 bits per heavy atom. The monoisotopic (exact) mass is 263 g/mol. The van der Waals surface area contributed by atoms with Gasteiger partial charge in [0.2, 0.25) is 0 Å². The van der Waals surface area contributed by atoms with Crippen molar-refractivity contribution in [1.29, 1.82) is 0 Å². The van der Waals surface area contributed by atoms with Crippen LogP contribution in [0.5, 0.6) is 0 Å². The van der Waals surface area contributed by atoms with Crippen LogP contribution < -0.4 is 11.4 Å². The van der Waals surface area contributed by atoms with E-state index in [-0.39, 0.29) is 5.82 Å². The zero-order valence-corrected chi connectivity index (χ0v) is 7.78. The molecule has 2 N–H and O–H groups in total. The minimum absolute atomic E-state index is 0.226. The maximum absolute atomic E-state index is 11.0. The van der Waals surface area contributed by atoms with Gasteiger partial charge < -0.3 is 5.73 Å². The zero-order chi connectivity index (χ0) is 8.43. The molecule has 1 aromatic heterocycles. The van der Waals surface area contributed by atoms with Crippen LogP contribution in [0.2, 0.25) is 0 Å². The first-order valence-electron chi connectivity index (χ1n) is 2.81. The van der Waals surface area contributed by atoms with Crippen LogP contribution in [0.25, 0.3) is 3.70 Å². The second kappa shape index (κ2) is 3.04. The quantitative estimate of drug-likeness (QED) is 0.758. The lowest BCUT2D eigenvalue weighted by atomic mass is 10.6. The van der Waals surface area contributed by atoms with Crippen LogP contribution in [0.1, 0.15) is 0 Å². The summed E-state index contributed by atoms with van der Waals surface area (Å²) in [6.07, 6.45) is 1.54. The molecule has 0 saturated heterocycles. The summed E-state index contributed by atoms with van der Waals surface area (Å²) in [5.74, 6) is 0.226. The van der Waals surface area contributed by atoms with Crippen LogP contribution in [0.15, 0.2) is 23.6 Å². The number of aromatic nitrogens is 2. The van der Waals surface area contributed by atoms with E-state index in [9.17, 15) is 4.79 Å². The van der Waals surface area contributed by atoms with E-state index in [2.05, 4.69) is 11.6 Å². The van der Waals surface area contributed by atoms with E-state index in [1.807, 2.05) is 22.6 Å². The molecule has 1 heterocycles. The molecule has 0 aliphatic heterocycles. The lowest BCUT2D eigenvalue weighted by Gasteiger charge is -1.99. The molecule has 0 bridgehead atoms. The molecular weight excluding hydrogens is 257 g/mol. The van der Waals surface area contributed by atoms with Crippen molar-refractivity contribution in [1.82, 2.24) is 9.55 Å².